The van der Waals surface area contributed by atoms with Gasteiger partial charge >= 0.3 is 0 Å². The molecule has 1 heterocycles. The molecule has 6 heteroatoms. The minimum atomic E-state index is -3.64. The fourth-order valence-corrected chi connectivity index (χ4v) is 3.70. The van der Waals surface area contributed by atoms with Crippen LogP contribution in [-0.2, 0) is 10.0 Å². The number of hydrogen-bond acceptors (Lipinski definition) is 4. The van der Waals surface area contributed by atoms with Gasteiger partial charge < -0.3 is 4.90 Å². The van der Waals surface area contributed by atoms with Crippen LogP contribution in [-0.4, -0.2) is 21.5 Å². The Morgan fingerprint density at radius 1 is 0.957 bits per heavy atom. The summed E-state index contributed by atoms with van der Waals surface area (Å²) in [4.78, 5) is 2.43. The van der Waals surface area contributed by atoms with E-state index in [2.05, 4.69) is 9.62 Å². The molecule has 1 aliphatic heterocycles. The van der Waals surface area contributed by atoms with Crippen molar-refractivity contribution in [2.24, 2.45) is 0 Å². The first kappa shape index (κ1) is 15.4. The fourth-order valence-electron chi connectivity index (χ4n) is 2.64. The maximum Gasteiger partial charge on any atom is 0.261 e. The van der Waals surface area contributed by atoms with E-state index < -0.39 is 10.0 Å². The van der Waals surface area contributed by atoms with Crippen LogP contribution in [0.5, 0.6) is 0 Å². The van der Waals surface area contributed by atoms with Gasteiger partial charge in [0.15, 0.2) is 0 Å². The Morgan fingerprint density at radius 3 is 2.13 bits per heavy atom. The number of hydrogen-bond donors (Lipinski definition) is 1. The third-order valence-corrected chi connectivity index (χ3v) is 5.28. The Labute approximate surface area is 136 Å². The second-order valence-electron chi connectivity index (χ2n) is 5.48. The third-order valence-electron chi connectivity index (χ3n) is 3.88. The van der Waals surface area contributed by atoms with Crippen LogP contribution in [0.15, 0.2) is 53.4 Å². The van der Waals surface area contributed by atoms with Crippen molar-refractivity contribution in [2.45, 2.75) is 17.7 Å². The third kappa shape index (κ3) is 3.46. The van der Waals surface area contributed by atoms with Crippen LogP contribution in [0.3, 0.4) is 0 Å². The Kier molecular flexibility index (Phi) is 4.22. The zero-order valence-electron chi connectivity index (χ0n) is 12.6. The first-order valence-electron chi connectivity index (χ1n) is 7.46. The molecule has 3 rings (SSSR count). The summed E-state index contributed by atoms with van der Waals surface area (Å²) >= 11 is 0. The minimum Gasteiger partial charge on any atom is -0.372 e. The van der Waals surface area contributed by atoms with Gasteiger partial charge in [-0.15, -0.1) is 0 Å². The molecule has 0 bridgehead atoms. The normalized spacial score (nSPS) is 14.5. The van der Waals surface area contributed by atoms with Crippen molar-refractivity contribution in [1.29, 1.82) is 5.26 Å². The molecule has 0 aliphatic carbocycles. The second-order valence-corrected chi connectivity index (χ2v) is 7.17. The number of sulfonamides is 1. The predicted molar refractivity (Wildman–Crippen MR) is 89.9 cm³/mol. The number of nitriles is 1. The van der Waals surface area contributed by atoms with Gasteiger partial charge in [0.25, 0.3) is 10.0 Å². The first-order chi connectivity index (χ1) is 11.1. The first-order valence-corrected chi connectivity index (χ1v) is 8.95. The maximum atomic E-state index is 12.3. The molecule has 0 saturated carbocycles. The SMILES string of the molecule is N#Cc1ccc(S(=O)(=O)Nc2ccc(N3CCCC3)cc2)cc1. The van der Waals surface area contributed by atoms with Crippen LogP contribution in [0.1, 0.15) is 18.4 Å². The average molecular weight is 327 g/mol. The molecule has 0 spiro atoms. The van der Waals surface area contributed by atoms with E-state index in [4.69, 9.17) is 5.26 Å². The van der Waals surface area contributed by atoms with Crippen molar-refractivity contribution in [3.63, 3.8) is 0 Å². The van der Waals surface area contributed by atoms with Gasteiger partial charge in [-0.05, 0) is 61.4 Å². The molecular weight excluding hydrogens is 310 g/mol. The van der Waals surface area contributed by atoms with E-state index in [1.807, 2.05) is 18.2 Å². The van der Waals surface area contributed by atoms with Crippen LogP contribution in [0.2, 0.25) is 0 Å². The van der Waals surface area contributed by atoms with E-state index in [1.54, 1.807) is 12.1 Å². The second kappa shape index (κ2) is 6.31. The van der Waals surface area contributed by atoms with Crippen molar-refractivity contribution in [3.8, 4) is 6.07 Å². The van der Waals surface area contributed by atoms with E-state index >= 15 is 0 Å². The van der Waals surface area contributed by atoms with Gasteiger partial charge in [-0.2, -0.15) is 5.26 Å². The Balaban J connectivity index is 1.75. The monoisotopic (exact) mass is 327 g/mol. The lowest BCUT2D eigenvalue weighted by Crippen LogP contribution is -2.17. The van der Waals surface area contributed by atoms with E-state index in [-0.39, 0.29) is 4.90 Å². The van der Waals surface area contributed by atoms with Crippen molar-refractivity contribution < 1.29 is 8.42 Å². The lowest BCUT2D eigenvalue weighted by atomic mass is 10.2. The molecule has 118 valence electrons. The lowest BCUT2D eigenvalue weighted by Gasteiger charge is -2.18. The summed E-state index contributed by atoms with van der Waals surface area (Å²) < 4.78 is 27.2. The van der Waals surface area contributed by atoms with Crippen molar-refractivity contribution in [1.82, 2.24) is 0 Å². The summed E-state index contributed by atoms with van der Waals surface area (Å²) in [5.41, 5.74) is 2.07. The highest BCUT2D eigenvalue weighted by Gasteiger charge is 2.15. The van der Waals surface area contributed by atoms with E-state index in [0.29, 0.717) is 11.3 Å². The summed E-state index contributed by atoms with van der Waals surface area (Å²) in [6, 6.07) is 15.2. The Morgan fingerprint density at radius 2 is 1.57 bits per heavy atom. The van der Waals surface area contributed by atoms with Gasteiger partial charge in [-0.3, -0.25) is 4.72 Å². The van der Waals surface area contributed by atoms with Gasteiger partial charge in [-0.25, -0.2) is 8.42 Å². The zero-order chi connectivity index (χ0) is 16.3. The highest BCUT2D eigenvalue weighted by atomic mass is 32.2. The smallest absolute Gasteiger partial charge is 0.261 e. The van der Waals surface area contributed by atoms with Gasteiger partial charge in [0.1, 0.15) is 0 Å². The molecule has 1 N–H and O–H groups in total. The van der Waals surface area contributed by atoms with Gasteiger partial charge in [0.2, 0.25) is 0 Å². The largest absolute Gasteiger partial charge is 0.372 e. The quantitative estimate of drug-likeness (QED) is 0.937. The van der Waals surface area contributed by atoms with Crippen LogP contribution < -0.4 is 9.62 Å². The van der Waals surface area contributed by atoms with Crippen molar-refractivity contribution in [3.05, 3.63) is 54.1 Å². The molecule has 0 amide bonds. The predicted octanol–water partition coefficient (Wildman–Crippen LogP) is 2.96. The average Bonchev–Trinajstić information content (AvgIpc) is 3.10. The summed E-state index contributed by atoms with van der Waals surface area (Å²) in [6.45, 7) is 2.10. The van der Waals surface area contributed by atoms with Crippen molar-refractivity contribution >= 4 is 21.4 Å². The number of anilines is 2. The standard InChI is InChI=1S/C17H17N3O2S/c18-13-14-3-9-17(10-4-14)23(21,22)19-15-5-7-16(8-6-15)20-11-1-2-12-20/h3-10,19H,1-2,11-12H2. The lowest BCUT2D eigenvalue weighted by molar-refractivity contribution is 0.601. The summed E-state index contributed by atoms with van der Waals surface area (Å²) in [5, 5.41) is 8.76. The van der Waals surface area contributed by atoms with Crippen LogP contribution in [0, 0.1) is 11.3 Å². The molecule has 2 aromatic carbocycles. The number of benzene rings is 2. The highest BCUT2D eigenvalue weighted by molar-refractivity contribution is 7.92. The molecule has 5 nitrogen and oxygen atoms in total. The topological polar surface area (TPSA) is 73.2 Å². The molecule has 1 fully saturated rings. The van der Waals surface area contributed by atoms with E-state index in [9.17, 15) is 8.42 Å². The summed E-state index contributed by atoms with van der Waals surface area (Å²) in [6.07, 6.45) is 2.40. The molecule has 23 heavy (non-hydrogen) atoms. The molecule has 1 saturated heterocycles. The van der Waals surface area contributed by atoms with Crippen LogP contribution in [0.4, 0.5) is 11.4 Å². The van der Waals surface area contributed by atoms with Gasteiger partial charge in [0.05, 0.1) is 16.5 Å². The molecule has 1 aliphatic rings. The zero-order valence-corrected chi connectivity index (χ0v) is 13.4. The Hall–Kier alpha value is -2.52. The minimum absolute atomic E-state index is 0.139. The molecule has 0 unspecified atom stereocenters. The number of nitrogens with zero attached hydrogens (tertiary/aromatic N) is 2. The number of nitrogens with one attached hydrogen (secondary N) is 1. The van der Waals surface area contributed by atoms with E-state index in [0.717, 1.165) is 18.8 Å². The molecule has 2 aromatic rings. The molecule has 0 radical (unpaired) electrons. The molecule has 0 atom stereocenters. The van der Waals surface area contributed by atoms with Crippen molar-refractivity contribution in [2.75, 3.05) is 22.7 Å². The summed E-state index contributed by atoms with van der Waals surface area (Å²) in [5.74, 6) is 0. The molecule has 0 aromatic heterocycles. The molecular formula is C17H17N3O2S. The fraction of sp³-hybridized carbons (Fsp3) is 0.235. The Bertz CT molecular complexity index is 816. The maximum absolute atomic E-state index is 12.3. The van der Waals surface area contributed by atoms with E-state index in [1.165, 1.54) is 37.1 Å². The highest BCUT2D eigenvalue weighted by Crippen LogP contribution is 2.23. The van der Waals surface area contributed by atoms with Gasteiger partial charge in [-0.1, -0.05) is 0 Å². The van der Waals surface area contributed by atoms with Gasteiger partial charge in [0, 0.05) is 24.5 Å². The van der Waals surface area contributed by atoms with Crippen LogP contribution in [0.25, 0.3) is 0 Å². The number of rotatable bonds is 4. The van der Waals surface area contributed by atoms with Crippen LogP contribution >= 0.6 is 0 Å². The summed E-state index contributed by atoms with van der Waals surface area (Å²) in [7, 11) is -3.64.